The summed E-state index contributed by atoms with van der Waals surface area (Å²) in [7, 11) is 0. The fourth-order valence-electron chi connectivity index (χ4n) is 5.89. The number of aromatic nitrogens is 1. The number of pyridine rings is 1. The van der Waals surface area contributed by atoms with Crippen molar-refractivity contribution in [2.24, 2.45) is 0 Å². The largest absolute Gasteiger partial charge is 0.391 e. The Bertz CT molecular complexity index is 1060. The van der Waals surface area contributed by atoms with Crippen LogP contribution >= 0.6 is 0 Å². The number of nitrogens with zero attached hydrogens (tertiary/aromatic N) is 4. The van der Waals surface area contributed by atoms with Crippen molar-refractivity contribution in [3.63, 3.8) is 0 Å². The van der Waals surface area contributed by atoms with Crippen LogP contribution in [0.25, 0.3) is 5.57 Å². The second-order valence-corrected chi connectivity index (χ2v) is 10.0. The maximum Gasteiger partial charge on any atom is 0.102 e. The smallest absolute Gasteiger partial charge is 0.102 e. The summed E-state index contributed by atoms with van der Waals surface area (Å²) in [5.74, 6) is 0. The van der Waals surface area contributed by atoms with Gasteiger partial charge in [-0.2, -0.15) is 5.26 Å². The molecule has 0 bridgehead atoms. The molecule has 1 aliphatic carbocycles. The lowest BCUT2D eigenvalue weighted by molar-refractivity contribution is 0.105. The molecule has 3 aliphatic rings. The topological polar surface area (TPSA) is 63.4 Å². The van der Waals surface area contributed by atoms with Crippen LogP contribution in [-0.2, 0) is 5.41 Å². The van der Waals surface area contributed by atoms with Gasteiger partial charge in [0.1, 0.15) is 5.41 Å². The Labute approximate surface area is 197 Å². The molecule has 1 aromatic heterocycles. The zero-order valence-electron chi connectivity index (χ0n) is 19.6. The lowest BCUT2D eigenvalue weighted by atomic mass is 9.76. The lowest BCUT2D eigenvalue weighted by Gasteiger charge is -2.42. The number of nitriles is 1. The van der Waals surface area contributed by atoms with Crippen molar-refractivity contribution in [1.82, 2.24) is 9.88 Å². The molecule has 1 aromatic carbocycles. The van der Waals surface area contributed by atoms with Crippen LogP contribution in [0.2, 0.25) is 0 Å². The quantitative estimate of drug-likeness (QED) is 0.758. The SMILES string of the molecule is Cc1ccnc(C2(C#N)CCN(CC3=CCN([C@H]4CCCC[C@@H]4O)c4ccccc43)CC2)c1. The molecule has 5 nitrogen and oxygen atoms in total. The number of hydrogen-bond acceptors (Lipinski definition) is 5. The first kappa shape index (κ1) is 22.1. The third-order valence-corrected chi connectivity index (χ3v) is 7.91. The van der Waals surface area contributed by atoms with Crippen LogP contribution in [0.5, 0.6) is 0 Å². The maximum atomic E-state index is 10.7. The van der Waals surface area contributed by atoms with E-state index >= 15 is 0 Å². The van der Waals surface area contributed by atoms with Gasteiger partial charge in [0.25, 0.3) is 0 Å². The third-order valence-electron chi connectivity index (χ3n) is 7.91. The van der Waals surface area contributed by atoms with Crippen molar-refractivity contribution in [3.05, 3.63) is 65.5 Å². The number of likely N-dealkylation sites (tertiary alicyclic amines) is 1. The second kappa shape index (κ2) is 9.29. The van der Waals surface area contributed by atoms with Crippen molar-refractivity contribution in [2.45, 2.75) is 63.0 Å². The summed E-state index contributed by atoms with van der Waals surface area (Å²) in [6.07, 6.45) is 9.88. The Morgan fingerprint density at radius 1 is 1.15 bits per heavy atom. The molecule has 1 N–H and O–H groups in total. The molecule has 1 saturated carbocycles. The molecule has 1 saturated heterocycles. The van der Waals surface area contributed by atoms with Gasteiger partial charge in [-0.25, -0.2) is 0 Å². The van der Waals surface area contributed by atoms with E-state index in [4.69, 9.17) is 0 Å². The average molecular weight is 443 g/mol. The Morgan fingerprint density at radius 3 is 2.70 bits per heavy atom. The van der Waals surface area contributed by atoms with Gasteiger partial charge in [0.05, 0.1) is 23.9 Å². The monoisotopic (exact) mass is 442 g/mol. The molecule has 5 heteroatoms. The molecule has 5 rings (SSSR count). The van der Waals surface area contributed by atoms with Crippen molar-refractivity contribution >= 4 is 11.3 Å². The molecule has 0 unspecified atom stereocenters. The minimum absolute atomic E-state index is 0.214. The number of fused-ring (bicyclic) bond motifs is 1. The van der Waals surface area contributed by atoms with E-state index in [1.807, 2.05) is 12.3 Å². The van der Waals surface area contributed by atoms with E-state index in [2.05, 4.69) is 64.2 Å². The highest BCUT2D eigenvalue weighted by Crippen LogP contribution is 2.38. The standard InChI is InChI=1S/C28H34N4O/c1-21-10-14-30-27(18-21)28(20-29)12-16-31(17-13-28)19-22-11-15-32(24-7-3-2-6-23(22)24)25-8-4-5-9-26(25)33/h2-3,6-7,10-11,14,18,25-26,33H,4-5,8-9,12-13,15-17,19H2,1H3/t25-,26-/m0/s1. The third kappa shape index (κ3) is 4.30. The first-order valence-corrected chi connectivity index (χ1v) is 12.4. The van der Waals surface area contributed by atoms with E-state index in [0.717, 1.165) is 69.5 Å². The number of aryl methyl sites for hydroxylation is 1. The molecule has 172 valence electrons. The normalized spacial score (nSPS) is 25.1. The summed E-state index contributed by atoms with van der Waals surface area (Å²) in [5.41, 5.74) is 5.52. The van der Waals surface area contributed by atoms with Crippen LogP contribution < -0.4 is 4.90 Å². The molecule has 0 radical (unpaired) electrons. The molecule has 3 heterocycles. The van der Waals surface area contributed by atoms with Gasteiger partial charge < -0.3 is 10.0 Å². The molecule has 2 atom stereocenters. The Balaban J connectivity index is 1.30. The lowest BCUT2D eigenvalue weighted by Crippen LogP contribution is -2.47. The van der Waals surface area contributed by atoms with Crippen LogP contribution in [0.15, 0.2) is 48.7 Å². The van der Waals surface area contributed by atoms with Crippen LogP contribution in [0.3, 0.4) is 0 Å². The Morgan fingerprint density at radius 2 is 1.94 bits per heavy atom. The predicted octanol–water partition coefficient (Wildman–Crippen LogP) is 4.45. The number of benzene rings is 1. The van der Waals surface area contributed by atoms with Crippen LogP contribution in [0.4, 0.5) is 5.69 Å². The van der Waals surface area contributed by atoms with Crippen molar-refractivity contribution in [3.8, 4) is 6.07 Å². The number of piperidine rings is 1. The van der Waals surface area contributed by atoms with E-state index < -0.39 is 5.41 Å². The van der Waals surface area contributed by atoms with Crippen LogP contribution in [-0.4, -0.2) is 53.3 Å². The predicted molar refractivity (Wildman–Crippen MR) is 132 cm³/mol. The fourth-order valence-corrected chi connectivity index (χ4v) is 5.89. The van der Waals surface area contributed by atoms with Gasteiger partial charge >= 0.3 is 0 Å². The van der Waals surface area contributed by atoms with Gasteiger partial charge in [-0.1, -0.05) is 37.1 Å². The maximum absolute atomic E-state index is 10.7. The van der Waals surface area contributed by atoms with Gasteiger partial charge in [0.15, 0.2) is 0 Å². The number of para-hydroxylation sites is 1. The molecular formula is C28H34N4O. The average Bonchev–Trinajstić information content (AvgIpc) is 2.85. The van der Waals surface area contributed by atoms with E-state index in [0.29, 0.717) is 0 Å². The summed E-state index contributed by atoms with van der Waals surface area (Å²) in [6, 6.07) is 15.6. The summed E-state index contributed by atoms with van der Waals surface area (Å²) >= 11 is 0. The first-order chi connectivity index (χ1) is 16.1. The van der Waals surface area contributed by atoms with Crippen LogP contribution in [0.1, 0.15) is 55.3 Å². The molecular weight excluding hydrogens is 408 g/mol. The second-order valence-electron chi connectivity index (χ2n) is 10.0. The summed E-state index contributed by atoms with van der Waals surface area (Å²) in [5, 5.41) is 20.7. The van der Waals surface area contributed by atoms with Crippen molar-refractivity contribution < 1.29 is 5.11 Å². The molecule has 33 heavy (non-hydrogen) atoms. The fraction of sp³-hybridized carbons (Fsp3) is 0.500. The molecule has 0 spiro atoms. The van der Waals surface area contributed by atoms with E-state index in [-0.39, 0.29) is 12.1 Å². The number of anilines is 1. The zero-order valence-corrected chi connectivity index (χ0v) is 19.6. The van der Waals surface area contributed by atoms with Crippen molar-refractivity contribution in [1.29, 1.82) is 5.26 Å². The highest BCUT2D eigenvalue weighted by Gasteiger charge is 2.38. The Hall–Kier alpha value is -2.68. The van der Waals surface area contributed by atoms with Gasteiger partial charge in [-0.05, 0) is 61.9 Å². The summed E-state index contributed by atoms with van der Waals surface area (Å²) in [6.45, 7) is 5.62. The van der Waals surface area contributed by atoms with Crippen molar-refractivity contribution in [2.75, 3.05) is 31.1 Å². The van der Waals surface area contributed by atoms with Gasteiger partial charge in [0, 0.05) is 43.6 Å². The highest BCUT2D eigenvalue weighted by molar-refractivity contribution is 5.81. The van der Waals surface area contributed by atoms with Gasteiger partial charge in [-0.3, -0.25) is 9.88 Å². The number of aliphatic hydroxyl groups excluding tert-OH is 1. The minimum atomic E-state index is -0.477. The van der Waals surface area contributed by atoms with E-state index in [1.165, 1.54) is 23.2 Å². The zero-order chi connectivity index (χ0) is 22.8. The minimum Gasteiger partial charge on any atom is -0.391 e. The molecule has 2 fully saturated rings. The first-order valence-electron chi connectivity index (χ1n) is 12.4. The van der Waals surface area contributed by atoms with E-state index in [9.17, 15) is 10.4 Å². The van der Waals surface area contributed by atoms with Crippen LogP contribution in [0, 0.1) is 18.3 Å². The summed E-state index contributed by atoms with van der Waals surface area (Å²) in [4.78, 5) is 9.46. The summed E-state index contributed by atoms with van der Waals surface area (Å²) < 4.78 is 0. The number of aliphatic hydroxyl groups is 1. The number of rotatable bonds is 4. The number of hydrogen-bond donors (Lipinski definition) is 1. The van der Waals surface area contributed by atoms with Gasteiger partial charge in [0.2, 0.25) is 0 Å². The van der Waals surface area contributed by atoms with Gasteiger partial charge in [-0.15, -0.1) is 0 Å². The molecule has 2 aliphatic heterocycles. The molecule has 0 amide bonds. The van der Waals surface area contributed by atoms with E-state index in [1.54, 1.807) is 0 Å². The Kier molecular flexibility index (Phi) is 6.23. The highest BCUT2D eigenvalue weighted by atomic mass is 16.3. The molecule has 2 aromatic rings.